The fourth-order valence-electron chi connectivity index (χ4n) is 2.37. The molecular weight excluding hydrogens is 468 g/mol. The molecule has 2 rings (SSSR count). The summed E-state index contributed by atoms with van der Waals surface area (Å²) in [7, 11) is -2.96. The van der Waals surface area contributed by atoms with Crippen molar-refractivity contribution < 1.29 is 31.1 Å². The minimum atomic E-state index is -4.63. The molecule has 1 N–H and O–H groups in total. The van der Waals surface area contributed by atoms with Crippen molar-refractivity contribution in [2.45, 2.75) is 18.0 Å². The standard InChI is InChI=1S/C18H17Cl2F3N2O4S/c1-3-29-16-7-5-12(9-14(16)20)30(27,28)25(2)10-17(26)24-15-8-11(18(21,22)23)4-6-13(15)19/h4-9H,3,10H2,1-2H3,(H,24,26). The van der Waals surface area contributed by atoms with Crippen LogP contribution in [-0.4, -0.2) is 38.8 Å². The number of amides is 1. The summed E-state index contributed by atoms with van der Waals surface area (Å²) >= 11 is 11.8. The molecule has 1 amide bonds. The summed E-state index contributed by atoms with van der Waals surface area (Å²) in [5.74, 6) is -0.572. The molecule has 0 fully saturated rings. The number of anilines is 1. The summed E-state index contributed by atoms with van der Waals surface area (Å²) in [4.78, 5) is 12.0. The lowest BCUT2D eigenvalue weighted by atomic mass is 10.2. The Morgan fingerprint density at radius 2 is 1.80 bits per heavy atom. The van der Waals surface area contributed by atoms with E-state index in [2.05, 4.69) is 5.32 Å². The molecule has 2 aromatic carbocycles. The van der Waals surface area contributed by atoms with E-state index >= 15 is 0 Å². The number of hydrogen-bond donors (Lipinski definition) is 1. The van der Waals surface area contributed by atoms with Crippen LogP contribution in [0.2, 0.25) is 10.0 Å². The van der Waals surface area contributed by atoms with Gasteiger partial charge in [0.2, 0.25) is 15.9 Å². The van der Waals surface area contributed by atoms with Crippen LogP contribution in [0.1, 0.15) is 12.5 Å². The molecule has 0 bridgehead atoms. The Bertz CT molecular complexity index is 1050. The maximum Gasteiger partial charge on any atom is 0.416 e. The Balaban J connectivity index is 2.16. The fourth-order valence-corrected chi connectivity index (χ4v) is 3.99. The predicted molar refractivity (Wildman–Crippen MR) is 108 cm³/mol. The van der Waals surface area contributed by atoms with E-state index < -0.39 is 34.2 Å². The summed E-state index contributed by atoms with van der Waals surface area (Å²) in [6.07, 6.45) is -4.63. The van der Waals surface area contributed by atoms with Crippen molar-refractivity contribution in [3.8, 4) is 5.75 Å². The van der Waals surface area contributed by atoms with Gasteiger partial charge in [-0.25, -0.2) is 8.42 Å². The van der Waals surface area contributed by atoms with Gasteiger partial charge in [0.1, 0.15) is 5.75 Å². The molecule has 2 aromatic rings. The third-order valence-corrected chi connectivity index (χ3v) is 6.27. The molecule has 0 spiro atoms. The van der Waals surface area contributed by atoms with Crippen LogP contribution in [0.4, 0.5) is 18.9 Å². The smallest absolute Gasteiger partial charge is 0.416 e. The van der Waals surface area contributed by atoms with Crippen LogP contribution in [0.5, 0.6) is 5.75 Å². The molecule has 0 saturated heterocycles. The van der Waals surface area contributed by atoms with Gasteiger partial charge in [-0.3, -0.25) is 4.79 Å². The van der Waals surface area contributed by atoms with E-state index in [-0.39, 0.29) is 20.6 Å². The highest BCUT2D eigenvalue weighted by atomic mass is 35.5. The Labute approximate surface area is 181 Å². The zero-order valence-corrected chi connectivity index (χ0v) is 18.1. The predicted octanol–water partition coefficient (Wildman–Crippen LogP) is 4.67. The van der Waals surface area contributed by atoms with Crippen molar-refractivity contribution in [2.75, 3.05) is 25.5 Å². The first-order valence-corrected chi connectivity index (χ1v) is 10.6. The van der Waals surface area contributed by atoms with Gasteiger partial charge in [-0.2, -0.15) is 17.5 Å². The first kappa shape index (κ1) is 24.3. The van der Waals surface area contributed by atoms with Crippen molar-refractivity contribution in [3.63, 3.8) is 0 Å². The summed E-state index contributed by atoms with van der Waals surface area (Å²) in [6, 6.07) is 6.26. The second-order valence-electron chi connectivity index (χ2n) is 6.03. The van der Waals surface area contributed by atoms with E-state index in [9.17, 15) is 26.4 Å². The first-order valence-electron chi connectivity index (χ1n) is 8.41. The van der Waals surface area contributed by atoms with Crippen molar-refractivity contribution in [3.05, 3.63) is 52.0 Å². The number of nitrogens with one attached hydrogen (secondary N) is 1. The van der Waals surface area contributed by atoms with Crippen LogP contribution in [0.25, 0.3) is 0 Å². The number of rotatable bonds is 7. The number of carbonyl (C=O) groups excluding carboxylic acids is 1. The zero-order chi connectivity index (χ0) is 22.7. The van der Waals surface area contributed by atoms with Crippen LogP contribution in [0, 0.1) is 0 Å². The minimum absolute atomic E-state index is 0.0755. The van der Waals surface area contributed by atoms with E-state index in [0.717, 1.165) is 23.5 Å². The molecule has 0 aliphatic carbocycles. The topological polar surface area (TPSA) is 75.7 Å². The highest BCUT2D eigenvalue weighted by Gasteiger charge is 2.31. The molecule has 0 aliphatic heterocycles. The molecule has 0 atom stereocenters. The molecule has 0 aliphatic rings. The normalized spacial score (nSPS) is 12.1. The fraction of sp³-hybridized carbons (Fsp3) is 0.278. The van der Waals surface area contributed by atoms with E-state index in [4.69, 9.17) is 27.9 Å². The minimum Gasteiger partial charge on any atom is -0.492 e. The maximum atomic E-state index is 12.8. The van der Waals surface area contributed by atoms with E-state index in [1.165, 1.54) is 18.2 Å². The lowest BCUT2D eigenvalue weighted by Gasteiger charge is -2.18. The van der Waals surface area contributed by atoms with Crippen LogP contribution < -0.4 is 10.1 Å². The molecular formula is C18H17Cl2F3N2O4S. The number of carbonyl (C=O) groups is 1. The number of likely N-dealkylation sites (N-methyl/N-ethyl adjacent to an activating group) is 1. The van der Waals surface area contributed by atoms with Gasteiger partial charge in [-0.1, -0.05) is 23.2 Å². The van der Waals surface area contributed by atoms with Crippen molar-refractivity contribution in [2.24, 2.45) is 0 Å². The number of nitrogens with zero attached hydrogens (tertiary/aromatic N) is 1. The Morgan fingerprint density at radius 1 is 1.13 bits per heavy atom. The van der Waals surface area contributed by atoms with Gasteiger partial charge in [0.25, 0.3) is 0 Å². The van der Waals surface area contributed by atoms with Gasteiger partial charge < -0.3 is 10.1 Å². The van der Waals surface area contributed by atoms with E-state index in [1.807, 2.05) is 0 Å². The number of sulfonamides is 1. The SMILES string of the molecule is CCOc1ccc(S(=O)(=O)N(C)CC(=O)Nc2cc(C(F)(F)F)ccc2Cl)cc1Cl. The number of halogens is 5. The number of alkyl halides is 3. The second-order valence-corrected chi connectivity index (χ2v) is 8.89. The van der Waals surface area contributed by atoms with Gasteiger partial charge in [-0.15, -0.1) is 0 Å². The van der Waals surface area contributed by atoms with Crippen LogP contribution >= 0.6 is 23.2 Å². The van der Waals surface area contributed by atoms with Gasteiger partial charge >= 0.3 is 6.18 Å². The summed E-state index contributed by atoms with van der Waals surface area (Å²) in [5.41, 5.74) is -1.29. The quantitative estimate of drug-likeness (QED) is 0.619. The van der Waals surface area contributed by atoms with Crippen molar-refractivity contribution in [1.29, 1.82) is 0 Å². The van der Waals surface area contributed by atoms with Gasteiger partial charge in [0, 0.05) is 7.05 Å². The maximum absolute atomic E-state index is 12.8. The number of hydrogen-bond acceptors (Lipinski definition) is 4. The molecule has 164 valence electrons. The first-order chi connectivity index (χ1) is 13.9. The Kier molecular flexibility index (Phi) is 7.62. The molecule has 30 heavy (non-hydrogen) atoms. The molecule has 0 aromatic heterocycles. The third kappa shape index (κ3) is 5.78. The molecule has 0 heterocycles. The van der Waals surface area contributed by atoms with Gasteiger partial charge in [-0.05, 0) is 43.3 Å². The summed E-state index contributed by atoms with van der Waals surface area (Å²) in [6.45, 7) is 1.41. The molecule has 6 nitrogen and oxygen atoms in total. The third-order valence-electron chi connectivity index (χ3n) is 3.85. The highest BCUT2D eigenvalue weighted by molar-refractivity contribution is 7.89. The summed E-state index contributed by atoms with van der Waals surface area (Å²) in [5, 5.41) is 2.14. The van der Waals surface area contributed by atoms with Gasteiger partial charge in [0.05, 0.1) is 39.3 Å². The highest BCUT2D eigenvalue weighted by Crippen LogP contribution is 2.34. The lowest BCUT2D eigenvalue weighted by Crippen LogP contribution is -2.35. The molecule has 0 saturated carbocycles. The second kappa shape index (κ2) is 9.42. The van der Waals surface area contributed by atoms with Crippen LogP contribution in [0.3, 0.4) is 0 Å². The monoisotopic (exact) mass is 484 g/mol. The summed E-state index contributed by atoms with van der Waals surface area (Å²) < 4.78 is 69.8. The van der Waals surface area contributed by atoms with E-state index in [0.29, 0.717) is 18.4 Å². The zero-order valence-electron chi connectivity index (χ0n) is 15.8. The van der Waals surface area contributed by atoms with Crippen LogP contribution in [0.15, 0.2) is 41.3 Å². The Hall–Kier alpha value is -2.01. The van der Waals surface area contributed by atoms with E-state index in [1.54, 1.807) is 6.92 Å². The average molecular weight is 485 g/mol. The van der Waals surface area contributed by atoms with Gasteiger partial charge in [0.15, 0.2) is 0 Å². The largest absolute Gasteiger partial charge is 0.492 e. The number of benzene rings is 2. The lowest BCUT2D eigenvalue weighted by molar-refractivity contribution is -0.137. The molecule has 0 radical (unpaired) electrons. The molecule has 0 unspecified atom stereocenters. The molecule has 12 heteroatoms. The number of ether oxygens (including phenoxy) is 1. The Morgan fingerprint density at radius 3 is 2.37 bits per heavy atom. The van der Waals surface area contributed by atoms with Crippen LogP contribution in [-0.2, 0) is 21.0 Å². The van der Waals surface area contributed by atoms with Crippen molar-refractivity contribution >= 4 is 44.8 Å². The van der Waals surface area contributed by atoms with Crippen molar-refractivity contribution in [1.82, 2.24) is 4.31 Å². The average Bonchev–Trinajstić information content (AvgIpc) is 2.64.